The van der Waals surface area contributed by atoms with Crippen LogP contribution in [0, 0.1) is 12.8 Å². The van der Waals surface area contributed by atoms with Gasteiger partial charge in [-0.25, -0.2) is 0 Å². The number of amides is 2. The van der Waals surface area contributed by atoms with Crippen LogP contribution in [-0.2, 0) is 4.79 Å². The molecule has 2 amide bonds. The molecule has 2 atom stereocenters. The van der Waals surface area contributed by atoms with Gasteiger partial charge in [-0.3, -0.25) is 9.59 Å². The predicted octanol–water partition coefficient (Wildman–Crippen LogP) is 1.44. The first-order valence-electron chi connectivity index (χ1n) is 9.53. The van der Waals surface area contributed by atoms with Gasteiger partial charge in [-0.1, -0.05) is 13.0 Å². The number of rotatable bonds is 4. The SMILES string of the molecule is CCCN1C(=O)[C@@H]2CC[C@H]1CN(C(=O)c1cccc(-n3nnnc3C)c1)C2. The average molecular weight is 368 g/mol. The van der Waals surface area contributed by atoms with E-state index in [0.29, 0.717) is 24.5 Å². The van der Waals surface area contributed by atoms with Crippen LogP contribution in [0.15, 0.2) is 24.3 Å². The number of piperidine rings is 1. The first-order chi connectivity index (χ1) is 13.1. The molecule has 0 radical (unpaired) electrons. The summed E-state index contributed by atoms with van der Waals surface area (Å²) in [5, 5.41) is 11.5. The summed E-state index contributed by atoms with van der Waals surface area (Å²) >= 11 is 0. The van der Waals surface area contributed by atoms with Crippen molar-refractivity contribution in [1.82, 2.24) is 30.0 Å². The van der Waals surface area contributed by atoms with E-state index in [4.69, 9.17) is 0 Å². The van der Waals surface area contributed by atoms with Gasteiger partial charge in [0.15, 0.2) is 5.82 Å². The molecule has 142 valence electrons. The van der Waals surface area contributed by atoms with E-state index in [-0.39, 0.29) is 23.8 Å². The topological polar surface area (TPSA) is 84.2 Å². The molecule has 1 aromatic heterocycles. The highest BCUT2D eigenvalue weighted by atomic mass is 16.2. The molecule has 3 aliphatic rings. The molecule has 0 N–H and O–H groups in total. The van der Waals surface area contributed by atoms with E-state index >= 15 is 0 Å². The maximum absolute atomic E-state index is 13.2. The molecular weight excluding hydrogens is 344 g/mol. The molecule has 3 fully saturated rings. The molecule has 0 saturated carbocycles. The van der Waals surface area contributed by atoms with Crippen molar-refractivity contribution in [3.8, 4) is 5.69 Å². The van der Waals surface area contributed by atoms with Crippen LogP contribution in [0.4, 0.5) is 0 Å². The summed E-state index contributed by atoms with van der Waals surface area (Å²) in [5.41, 5.74) is 1.35. The third-order valence-electron chi connectivity index (χ3n) is 5.51. The minimum Gasteiger partial charge on any atom is -0.338 e. The lowest BCUT2D eigenvalue weighted by atomic mass is 9.94. The second kappa shape index (κ2) is 7.09. The molecule has 5 rings (SSSR count). The molecule has 27 heavy (non-hydrogen) atoms. The molecule has 8 nitrogen and oxygen atoms in total. The van der Waals surface area contributed by atoms with Gasteiger partial charge in [0.05, 0.1) is 11.6 Å². The number of aromatic nitrogens is 4. The molecular formula is C19H24N6O2. The Kier molecular flexibility index (Phi) is 4.63. The van der Waals surface area contributed by atoms with Gasteiger partial charge in [0, 0.05) is 31.2 Å². The van der Waals surface area contributed by atoms with Gasteiger partial charge >= 0.3 is 0 Å². The Morgan fingerprint density at radius 1 is 1.26 bits per heavy atom. The molecule has 4 heterocycles. The van der Waals surface area contributed by atoms with E-state index in [1.807, 2.05) is 41.0 Å². The third-order valence-corrected chi connectivity index (χ3v) is 5.51. The van der Waals surface area contributed by atoms with Crippen LogP contribution < -0.4 is 0 Å². The monoisotopic (exact) mass is 368 g/mol. The summed E-state index contributed by atoms with van der Waals surface area (Å²) < 4.78 is 1.61. The maximum atomic E-state index is 13.2. The quantitative estimate of drug-likeness (QED) is 0.815. The minimum absolute atomic E-state index is 0.0365. The summed E-state index contributed by atoms with van der Waals surface area (Å²) in [6, 6.07) is 7.46. The van der Waals surface area contributed by atoms with Crippen molar-refractivity contribution in [2.75, 3.05) is 19.6 Å². The molecule has 3 saturated heterocycles. The van der Waals surface area contributed by atoms with E-state index in [0.717, 1.165) is 31.5 Å². The lowest BCUT2D eigenvalue weighted by Crippen LogP contribution is -2.48. The number of tetrazole rings is 1. The summed E-state index contributed by atoms with van der Waals surface area (Å²) in [4.78, 5) is 29.7. The Balaban J connectivity index is 1.59. The Morgan fingerprint density at radius 2 is 2.11 bits per heavy atom. The molecule has 8 heteroatoms. The number of carbonyl (C=O) groups is 2. The number of hydrogen-bond acceptors (Lipinski definition) is 5. The number of aryl methyl sites for hydroxylation is 1. The maximum Gasteiger partial charge on any atom is 0.254 e. The van der Waals surface area contributed by atoms with Crippen molar-refractivity contribution in [3.05, 3.63) is 35.7 Å². The van der Waals surface area contributed by atoms with E-state index in [9.17, 15) is 9.59 Å². The van der Waals surface area contributed by atoms with Crippen LogP contribution in [0.5, 0.6) is 0 Å². The first kappa shape index (κ1) is 17.6. The largest absolute Gasteiger partial charge is 0.338 e. The highest BCUT2D eigenvalue weighted by Crippen LogP contribution is 2.30. The van der Waals surface area contributed by atoms with Crippen molar-refractivity contribution in [2.24, 2.45) is 5.92 Å². The van der Waals surface area contributed by atoms with Crippen LogP contribution in [0.3, 0.4) is 0 Å². The second-order valence-electron chi connectivity index (χ2n) is 7.36. The molecule has 0 spiro atoms. The smallest absolute Gasteiger partial charge is 0.254 e. The standard InChI is InChI=1S/C19H24N6O2/c1-3-9-24-17-8-7-15(19(24)27)11-23(12-17)18(26)14-5-4-6-16(10-14)25-13(2)20-21-22-25/h4-6,10,15,17H,3,7-9,11-12H2,1-2H3/t15-,17+/m1/s1. The van der Waals surface area contributed by atoms with Crippen molar-refractivity contribution < 1.29 is 9.59 Å². The van der Waals surface area contributed by atoms with Crippen LogP contribution in [0.25, 0.3) is 5.69 Å². The van der Waals surface area contributed by atoms with Gasteiger partial charge < -0.3 is 9.80 Å². The first-order valence-corrected chi connectivity index (χ1v) is 9.53. The Morgan fingerprint density at radius 3 is 2.85 bits per heavy atom. The van der Waals surface area contributed by atoms with Crippen molar-refractivity contribution in [3.63, 3.8) is 0 Å². The summed E-state index contributed by atoms with van der Waals surface area (Å²) in [5.74, 6) is 0.754. The van der Waals surface area contributed by atoms with Gasteiger partial charge in [-0.15, -0.1) is 5.10 Å². The molecule has 0 unspecified atom stereocenters. The number of hydrogen-bond donors (Lipinski definition) is 0. The van der Waals surface area contributed by atoms with Crippen LogP contribution >= 0.6 is 0 Å². The van der Waals surface area contributed by atoms with E-state index < -0.39 is 0 Å². The fraction of sp³-hybridized carbons (Fsp3) is 0.526. The Bertz CT molecular complexity index is 863. The molecule has 2 aromatic rings. The number of fused-ring (bicyclic) bond motifs is 4. The number of benzene rings is 1. The van der Waals surface area contributed by atoms with E-state index in [1.165, 1.54) is 0 Å². The van der Waals surface area contributed by atoms with Gasteiger partial charge in [-0.05, 0) is 54.8 Å². The minimum atomic E-state index is -0.0795. The number of carbonyl (C=O) groups excluding carboxylic acids is 2. The van der Waals surface area contributed by atoms with Crippen LogP contribution in [0.1, 0.15) is 42.4 Å². The van der Waals surface area contributed by atoms with E-state index in [1.54, 1.807) is 4.68 Å². The summed E-state index contributed by atoms with van der Waals surface area (Å²) in [6.45, 7) is 5.78. The highest BCUT2D eigenvalue weighted by Gasteiger charge is 2.41. The third kappa shape index (κ3) is 3.20. The number of nitrogens with zero attached hydrogens (tertiary/aromatic N) is 6. The van der Waals surface area contributed by atoms with Gasteiger partial charge in [0.2, 0.25) is 5.91 Å². The van der Waals surface area contributed by atoms with Crippen molar-refractivity contribution >= 4 is 11.8 Å². The molecule has 2 bridgehead atoms. The lowest BCUT2D eigenvalue weighted by Gasteiger charge is -2.35. The predicted molar refractivity (Wildman–Crippen MR) is 98.3 cm³/mol. The van der Waals surface area contributed by atoms with Gasteiger partial charge in [0.1, 0.15) is 0 Å². The average Bonchev–Trinajstić information content (AvgIpc) is 2.93. The summed E-state index contributed by atoms with van der Waals surface area (Å²) in [7, 11) is 0. The van der Waals surface area contributed by atoms with E-state index in [2.05, 4.69) is 22.4 Å². The molecule has 0 aliphatic carbocycles. The zero-order chi connectivity index (χ0) is 19.0. The highest BCUT2D eigenvalue weighted by molar-refractivity contribution is 5.95. The fourth-order valence-corrected chi connectivity index (χ4v) is 4.16. The second-order valence-corrected chi connectivity index (χ2v) is 7.36. The molecule has 3 aliphatic heterocycles. The zero-order valence-corrected chi connectivity index (χ0v) is 15.7. The Labute approximate surface area is 158 Å². The van der Waals surface area contributed by atoms with Crippen molar-refractivity contribution in [1.29, 1.82) is 0 Å². The normalized spacial score (nSPS) is 22.2. The Hall–Kier alpha value is -2.77. The fourth-order valence-electron chi connectivity index (χ4n) is 4.16. The molecule has 1 aromatic carbocycles. The lowest BCUT2D eigenvalue weighted by molar-refractivity contribution is -0.139. The zero-order valence-electron chi connectivity index (χ0n) is 15.7. The van der Waals surface area contributed by atoms with Crippen LogP contribution in [0.2, 0.25) is 0 Å². The summed E-state index contributed by atoms with van der Waals surface area (Å²) in [6.07, 6.45) is 2.79. The van der Waals surface area contributed by atoms with Gasteiger partial charge in [0.25, 0.3) is 5.91 Å². The van der Waals surface area contributed by atoms with Crippen molar-refractivity contribution in [2.45, 2.75) is 39.2 Å². The van der Waals surface area contributed by atoms with Gasteiger partial charge in [-0.2, -0.15) is 4.68 Å². The van der Waals surface area contributed by atoms with Crippen LogP contribution in [-0.4, -0.2) is 67.5 Å².